The van der Waals surface area contributed by atoms with Crippen LogP contribution in [0.25, 0.3) is 10.4 Å². The number of nitrogens with zero attached hydrogens (tertiary/aromatic N) is 3. The van der Waals surface area contributed by atoms with Crippen molar-refractivity contribution in [3.8, 4) is 0 Å². The summed E-state index contributed by atoms with van der Waals surface area (Å²) < 4.78 is 0. The van der Waals surface area contributed by atoms with E-state index in [0.29, 0.717) is 6.54 Å². The normalized spacial score (nSPS) is 9.71. The Morgan fingerprint density at radius 2 is 1.79 bits per heavy atom. The van der Waals surface area contributed by atoms with Crippen LogP contribution in [0, 0.1) is 27.7 Å². The molecular formula is C11H15N3. The molecule has 1 rings (SSSR count). The molecule has 0 saturated heterocycles. The smallest absolute Gasteiger partial charge is 0.0516 e. The number of aryl methyl sites for hydroxylation is 2. The summed E-state index contributed by atoms with van der Waals surface area (Å²) in [6.07, 6.45) is 0. The summed E-state index contributed by atoms with van der Waals surface area (Å²) >= 11 is 0. The predicted octanol–water partition coefficient (Wildman–Crippen LogP) is 3.73. The molecule has 0 heterocycles. The topological polar surface area (TPSA) is 48.8 Å². The first-order chi connectivity index (χ1) is 6.57. The van der Waals surface area contributed by atoms with Crippen molar-refractivity contribution in [2.45, 2.75) is 34.2 Å². The van der Waals surface area contributed by atoms with Crippen LogP contribution >= 0.6 is 0 Å². The van der Waals surface area contributed by atoms with Crippen molar-refractivity contribution >= 4 is 0 Å². The molecule has 14 heavy (non-hydrogen) atoms. The molecule has 0 unspecified atom stereocenters. The second-order valence-corrected chi connectivity index (χ2v) is 3.63. The van der Waals surface area contributed by atoms with E-state index in [1.54, 1.807) is 0 Å². The second kappa shape index (κ2) is 4.16. The van der Waals surface area contributed by atoms with Crippen LogP contribution in [0.3, 0.4) is 0 Å². The molecule has 0 amide bonds. The van der Waals surface area contributed by atoms with Crippen LogP contribution in [0.4, 0.5) is 0 Å². The monoisotopic (exact) mass is 189 g/mol. The molecule has 0 N–H and O–H groups in total. The van der Waals surface area contributed by atoms with Crippen molar-refractivity contribution in [1.82, 2.24) is 0 Å². The van der Waals surface area contributed by atoms with Gasteiger partial charge in [0.25, 0.3) is 0 Å². The highest BCUT2D eigenvalue weighted by atomic mass is 15.1. The summed E-state index contributed by atoms with van der Waals surface area (Å²) in [6.45, 7) is 8.80. The average molecular weight is 189 g/mol. The van der Waals surface area contributed by atoms with Gasteiger partial charge in [-0.2, -0.15) is 0 Å². The van der Waals surface area contributed by atoms with E-state index in [1.165, 1.54) is 22.3 Å². The van der Waals surface area contributed by atoms with Gasteiger partial charge in [0, 0.05) is 4.91 Å². The van der Waals surface area contributed by atoms with Gasteiger partial charge in [0.1, 0.15) is 0 Å². The zero-order chi connectivity index (χ0) is 10.7. The van der Waals surface area contributed by atoms with Crippen molar-refractivity contribution < 1.29 is 0 Å². The number of rotatable bonds is 2. The predicted molar refractivity (Wildman–Crippen MR) is 58.2 cm³/mol. The van der Waals surface area contributed by atoms with Crippen LogP contribution in [-0.2, 0) is 6.54 Å². The molecule has 0 atom stereocenters. The summed E-state index contributed by atoms with van der Waals surface area (Å²) in [7, 11) is 0. The first-order valence-electron chi connectivity index (χ1n) is 4.65. The van der Waals surface area contributed by atoms with Crippen LogP contribution in [0.15, 0.2) is 11.2 Å². The van der Waals surface area contributed by atoms with Gasteiger partial charge < -0.3 is 0 Å². The maximum atomic E-state index is 8.29. The van der Waals surface area contributed by atoms with Gasteiger partial charge in [-0.1, -0.05) is 11.2 Å². The summed E-state index contributed by atoms with van der Waals surface area (Å²) in [5.41, 5.74) is 14.5. The Morgan fingerprint density at radius 3 is 2.36 bits per heavy atom. The van der Waals surface area contributed by atoms with Crippen molar-refractivity contribution in [3.05, 3.63) is 44.3 Å². The van der Waals surface area contributed by atoms with E-state index in [2.05, 4.69) is 43.8 Å². The lowest BCUT2D eigenvalue weighted by Crippen LogP contribution is -1.97. The summed E-state index contributed by atoms with van der Waals surface area (Å²) in [5, 5.41) is 3.62. The molecule has 0 spiro atoms. The largest absolute Gasteiger partial charge is 0.0893 e. The highest BCUT2D eigenvalue weighted by Gasteiger charge is 2.06. The van der Waals surface area contributed by atoms with E-state index < -0.39 is 0 Å². The molecule has 0 fully saturated rings. The van der Waals surface area contributed by atoms with Crippen LogP contribution in [0.5, 0.6) is 0 Å². The third kappa shape index (κ3) is 1.88. The second-order valence-electron chi connectivity index (χ2n) is 3.63. The van der Waals surface area contributed by atoms with Gasteiger partial charge in [-0.05, 0) is 61.0 Å². The van der Waals surface area contributed by atoms with Gasteiger partial charge in [-0.15, -0.1) is 0 Å². The third-order valence-electron chi connectivity index (χ3n) is 2.81. The fourth-order valence-electron chi connectivity index (χ4n) is 1.68. The zero-order valence-electron chi connectivity index (χ0n) is 9.13. The van der Waals surface area contributed by atoms with E-state index in [0.717, 1.165) is 5.56 Å². The highest BCUT2D eigenvalue weighted by Crippen LogP contribution is 2.22. The lowest BCUT2D eigenvalue weighted by Gasteiger charge is -2.12. The fourth-order valence-corrected chi connectivity index (χ4v) is 1.68. The standard InChI is InChI=1S/C11H15N3/c1-7-5-8(2)11(6-13-14-12)10(4)9(7)3/h5H,6H2,1-4H3. The molecule has 3 nitrogen and oxygen atoms in total. The molecule has 1 aromatic carbocycles. The number of hydrogen-bond donors (Lipinski definition) is 0. The third-order valence-corrected chi connectivity index (χ3v) is 2.81. The summed E-state index contributed by atoms with van der Waals surface area (Å²) in [5.74, 6) is 0. The van der Waals surface area contributed by atoms with E-state index in [4.69, 9.17) is 5.53 Å². The molecule has 3 heteroatoms. The van der Waals surface area contributed by atoms with E-state index in [1.807, 2.05) is 0 Å². The Hall–Kier alpha value is -1.47. The van der Waals surface area contributed by atoms with Crippen LogP contribution in [-0.4, -0.2) is 0 Å². The van der Waals surface area contributed by atoms with Crippen molar-refractivity contribution in [3.63, 3.8) is 0 Å². The van der Waals surface area contributed by atoms with E-state index in [-0.39, 0.29) is 0 Å². The lowest BCUT2D eigenvalue weighted by atomic mass is 9.94. The minimum atomic E-state index is 0.454. The van der Waals surface area contributed by atoms with Gasteiger partial charge >= 0.3 is 0 Å². The molecule has 74 valence electrons. The van der Waals surface area contributed by atoms with Crippen molar-refractivity contribution in [2.75, 3.05) is 0 Å². The number of hydrogen-bond acceptors (Lipinski definition) is 1. The SMILES string of the molecule is Cc1cc(C)c(CN=[N+]=[N-])c(C)c1C. The number of azide groups is 1. The Bertz CT molecular complexity index is 401. The first-order valence-corrected chi connectivity index (χ1v) is 4.65. The van der Waals surface area contributed by atoms with Gasteiger partial charge in [0.2, 0.25) is 0 Å². The fraction of sp³-hybridized carbons (Fsp3) is 0.455. The molecule has 0 saturated carbocycles. The Kier molecular flexibility index (Phi) is 3.15. The molecule has 1 aromatic rings. The molecular weight excluding hydrogens is 174 g/mol. The van der Waals surface area contributed by atoms with Gasteiger partial charge in [-0.25, -0.2) is 0 Å². The van der Waals surface area contributed by atoms with Crippen LogP contribution in [0.1, 0.15) is 27.8 Å². The molecule has 0 aliphatic carbocycles. The molecule has 0 radical (unpaired) electrons. The molecule has 0 aliphatic rings. The van der Waals surface area contributed by atoms with Crippen molar-refractivity contribution in [2.24, 2.45) is 5.11 Å². The Balaban J connectivity index is 3.28. The van der Waals surface area contributed by atoms with E-state index >= 15 is 0 Å². The Morgan fingerprint density at radius 1 is 1.14 bits per heavy atom. The quantitative estimate of drug-likeness (QED) is 0.386. The first kappa shape index (κ1) is 10.6. The van der Waals surface area contributed by atoms with E-state index in [9.17, 15) is 0 Å². The van der Waals surface area contributed by atoms with Gasteiger partial charge in [0.15, 0.2) is 0 Å². The lowest BCUT2D eigenvalue weighted by molar-refractivity contribution is 0.996. The number of benzene rings is 1. The molecule has 0 aromatic heterocycles. The van der Waals surface area contributed by atoms with Gasteiger partial charge in [0.05, 0.1) is 6.54 Å². The Labute approximate surface area is 84.4 Å². The maximum absolute atomic E-state index is 8.29. The summed E-state index contributed by atoms with van der Waals surface area (Å²) in [6, 6.07) is 2.14. The average Bonchev–Trinajstić information content (AvgIpc) is 2.14. The molecule has 0 aliphatic heterocycles. The van der Waals surface area contributed by atoms with Crippen LogP contribution < -0.4 is 0 Å². The van der Waals surface area contributed by atoms with Crippen molar-refractivity contribution in [1.29, 1.82) is 0 Å². The minimum absolute atomic E-state index is 0.454. The molecule has 0 bridgehead atoms. The zero-order valence-corrected chi connectivity index (χ0v) is 9.13. The highest BCUT2D eigenvalue weighted by molar-refractivity contribution is 5.43. The van der Waals surface area contributed by atoms with Crippen LogP contribution in [0.2, 0.25) is 0 Å². The maximum Gasteiger partial charge on any atom is 0.0516 e. The van der Waals surface area contributed by atoms with Gasteiger partial charge in [-0.3, -0.25) is 0 Å². The minimum Gasteiger partial charge on any atom is -0.0893 e. The summed E-state index contributed by atoms with van der Waals surface area (Å²) in [4.78, 5) is 2.79.